The Bertz CT molecular complexity index is 223. The van der Waals surface area contributed by atoms with Gasteiger partial charge in [0.15, 0.2) is 0 Å². The van der Waals surface area contributed by atoms with Crippen molar-refractivity contribution in [2.75, 3.05) is 60.0 Å². The van der Waals surface area contributed by atoms with E-state index in [2.05, 4.69) is 43.1 Å². The van der Waals surface area contributed by atoms with Crippen LogP contribution in [0.1, 0.15) is 26.7 Å². The van der Waals surface area contributed by atoms with Crippen molar-refractivity contribution in [1.82, 2.24) is 15.1 Å². The fourth-order valence-electron chi connectivity index (χ4n) is 2.65. The maximum atomic E-state index is 5.66. The summed E-state index contributed by atoms with van der Waals surface area (Å²) in [5.41, 5.74) is 0. The third-order valence-corrected chi connectivity index (χ3v) is 3.87. The van der Waals surface area contributed by atoms with Gasteiger partial charge >= 0.3 is 0 Å². The van der Waals surface area contributed by atoms with Gasteiger partial charge in [0.05, 0.1) is 13.2 Å². The molecule has 4 nitrogen and oxygen atoms in total. The molecular formula is C15H33N3O. The first-order valence-electron chi connectivity index (χ1n) is 7.85. The standard InChI is InChI=1S/C15H33N3O/c1-5-8-16-15-13-19-12-14(15)11-18(6-2)10-7-9-17(3)4/h14-16H,5-13H2,1-4H3. The van der Waals surface area contributed by atoms with Crippen LogP contribution in [0.2, 0.25) is 0 Å². The predicted octanol–water partition coefficient (Wildman–Crippen LogP) is 1.27. The first-order valence-corrected chi connectivity index (χ1v) is 7.85. The Morgan fingerprint density at radius 3 is 2.58 bits per heavy atom. The van der Waals surface area contributed by atoms with Crippen molar-refractivity contribution >= 4 is 0 Å². The Morgan fingerprint density at radius 2 is 1.95 bits per heavy atom. The summed E-state index contributed by atoms with van der Waals surface area (Å²) in [4.78, 5) is 4.83. The van der Waals surface area contributed by atoms with E-state index in [1.165, 1.54) is 32.5 Å². The van der Waals surface area contributed by atoms with E-state index < -0.39 is 0 Å². The molecule has 1 heterocycles. The van der Waals surface area contributed by atoms with Crippen molar-refractivity contribution in [2.24, 2.45) is 5.92 Å². The highest BCUT2D eigenvalue weighted by atomic mass is 16.5. The van der Waals surface area contributed by atoms with E-state index in [0.29, 0.717) is 12.0 Å². The van der Waals surface area contributed by atoms with Gasteiger partial charge in [-0.2, -0.15) is 0 Å². The number of hydrogen-bond acceptors (Lipinski definition) is 4. The molecule has 1 saturated heterocycles. The predicted molar refractivity (Wildman–Crippen MR) is 81.7 cm³/mol. The zero-order valence-corrected chi connectivity index (χ0v) is 13.3. The Kier molecular flexibility index (Phi) is 8.62. The van der Waals surface area contributed by atoms with Gasteiger partial charge in [-0.3, -0.25) is 0 Å². The van der Waals surface area contributed by atoms with Crippen LogP contribution < -0.4 is 5.32 Å². The lowest BCUT2D eigenvalue weighted by Crippen LogP contribution is -2.42. The van der Waals surface area contributed by atoms with Gasteiger partial charge in [-0.1, -0.05) is 13.8 Å². The summed E-state index contributed by atoms with van der Waals surface area (Å²) in [5.74, 6) is 0.658. The summed E-state index contributed by atoms with van der Waals surface area (Å²) in [7, 11) is 4.29. The van der Waals surface area contributed by atoms with Crippen molar-refractivity contribution in [2.45, 2.75) is 32.7 Å². The minimum atomic E-state index is 0.558. The molecule has 2 unspecified atom stereocenters. The number of rotatable bonds is 10. The largest absolute Gasteiger partial charge is 0.379 e. The van der Waals surface area contributed by atoms with Crippen LogP contribution in [0.4, 0.5) is 0 Å². The second kappa shape index (κ2) is 9.70. The molecule has 0 aromatic rings. The van der Waals surface area contributed by atoms with Gasteiger partial charge in [-0.25, -0.2) is 0 Å². The van der Waals surface area contributed by atoms with Crippen LogP contribution in [0.25, 0.3) is 0 Å². The molecule has 114 valence electrons. The van der Waals surface area contributed by atoms with Crippen LogP contribution >= 0.6 is 0 Å². The highest BCUT2D eigenvalue weighted by molar-refractivity contribution is 4.83. The quantitative estimate of drug-likeness (QED) is 0.648. The Hall–Kier alpha value is -0.160. The van der Waals surface area contributed by atoms with E-state index in [-0.39, 0.29) is 0 Å². The molecule has 1 rings (SSSR count). The number of nitrogens with zero attached hydrogens (tertiary/aromatic N) is 2. The topological polar surface area (TPSA) is 27.7 Å². The summed E-state index contributed by atoms with van der Waals surface area (Å²) in [5, 5.41) is 3.63. The normalized spacial score (nSPS) is 23.7. The van der Waals surface area contributed by atoms with Gasteiger partial charge in [0, 0.05) is 18.5 Å². The smallest absolute Gasteiger partial charge is 0.0623 e. The summed E-state index contributed by atoms with van der Waals surface area (Å²) < 4.78 is 5.66. The summed E-state index contributed by atoms with van der Waals surface area (Å²) in [6.45, 7) is 12.1. The highest BCUT2D eigenvalue weighted by Gasteiger charge is 2.28. The van der Waals surface area contributed by atoms with Crippen LogP contribution in [0.5, 0.6) is 0 Å². The molecule has 1 aliphatic rings. The van der Waals surface area contributed by atoms with Gasteiger partial charge in [0.2, 0.25) is 0 Å². The third kappa shape index (κ3) is 6.70. The average molecular weight is 271 g/mol. The maximum absolute atomic E-state index is 5.66. The molecule has 0 saturated carbocycles. The van der Waals surface area contributed by atoms with Crippen LogP contribution in [-0.4, -0.2) is 75.9 Å². The molecule has 0 bridgehead atoms. The SMILES string of the molecule is CCCNC1COCC1CN(CC)CCCN(C)C. The highest BCUT2D eigenvalue weighted by Crippen LogP contribution is 2.15. The van der Waals surface area contributed by atoms with Crippen LogP contribution in [-0.2, 0) is 4.74 Å². The van der Waals surface area contributed by atoms with Crippen molar-refractivity contribution in [3.63, 3.8) is 0 Å². The van der Waals surface area contributed by atoms with Gasteiger partial charge in [0.25, 0.3) is 0 Å². The number of nitrogens with one attached hydrogen (secondary N) is 1. The van der Waals surface area contributed by atoms with Gasteiger partial charge in [-0.05, 0) is 53.1 Å². The monoisotopic (exact) mass is 271 g/mol. The average Bonchev–Trinajstić information content (AvgIpc) is 2.82. The first kappa shape index (κ1) is 16.9. The number of hydrogen-bond donors (Lipinski definition) is 1. The molecular weight excluding hydrogens is 238 g/mol. The lowest BCUT2D eigenvalue weighted by atomic mass is 10.0. The second-order valence-corrected chi connectivity index (χ2v) is 5.91. The Morgan fingerprint density at radius 1 is 1.16 bits per heavy atom. The second-order valence-electron chi connectivity index (χ2n) is 5.91. The van der Waals surface area contributed by atoms with Crippen LogP contribution in [0, 0.1) is 5.92 Å². The Balaban J connectivity index is 2.28. The first-order chi connectivity index (χ1) is 9.17. The Labute approximate surface area is 119 Å². The molecule has 0 aromatic heterocycles. The minimum absolute atomic E-state index is 0.558. The molecule has 0 radical (unpaired) electrons. The van der Waals surface area contributed by atoms with Crippen molar-refractivity contribution in [3.05, 3.63) is 0 Å². The zero-order chi connectivity index (χ0) is 14.1. The van der Waals surface area contributed by atoms with E-state index in [1.54, 1.807) is 0 Å². The third-order valence-electron chi connectivity index (χ3n) is 3.87. The fourth-order valence-corrected chi connectivity index (χ4v) is 2.65. The van der Waals surface area contributed by atoms with Crippen LogP contribution in [0.15, 0.2) is 0 Å². The van der Waals surface area contributed by atoms with Gasteiger partial charge < -0.3 is 19.9 Å². The van der Waals surface area contributed by atoms with E-state index in [1.807, 2.05) is 0 Å². The van der Waals surface area contributed by atoms with E-state index in [0.717, 1.165) is 26.3 Å². The molecule has 1 N–H and O–H groups in total. The number of ether oxygens (including phenoxy) is 1. The molecule has 0 amide bonds. The molecule has 19 heavy (non-hydrogen) atoms. The van der Waals surface area contributed by atoms with Crippen LogP contribution in [0.3, 0.4) is 0 Å². The summed E-state index contributed by atoms with van der Waals surface area (Å²) >= 11 is 0. The van der Waals surface area contributed by atoms with E-state index in [4.69, 9.17) is 4.74 Å². The van der Waals surface area contributed by atoms with E-state index >= 15 is 0 Å². The minimum Gasteiger partial charge on any atom is -0.379 e. The molecule has 4 heteroatoms. The van der Waals surface area contributed by atoms with Crippen molar-refractivity contribution < 1.29 is 4.74 Å². The summed E-state index contributed by atoms with van der Waals surface area (Å²) in [6, 6.07) is 0.558. The maximum Gasteiger partial charge on any atom is 0.0623 e. The molecule has 1 aliphatic heterocycles. The van der Waals surface area contributed by atoms with Crippen molar-refractivity contribution in [1.29, 1.82) is 0 Å². The molecule has 0 aromatic carbocycles. The lowest BCUT2D eigenvalue weighted by molar-refractivity contribution is 0.167. The fraction of sp³-hybridized carbons (Fsp3) is 1.00. The zero-order valence-electron chi connectivity index (χ0n) is 13.3. The summed E-state index contributed by atoms with van der Waals surface area (Å²) in [6.07, 6.45) is 2.45. The lowest BCUT2D eigenvalue weighted by Gasteiger charge is -2.27. The van der Waals surface area contributed by atoms with Gasteiger partial charge in [0.1, 0.15) is 0 Å². The molecule has 0 aliphatic carbocycles. The molecule has 2 atom stereocenters. The van der Waals surface area contributed by atoms with Crippen molar-refractivity contribution in [3.8, 4) is 0 Å². The van der Waals surface area contributed by atoms with E-state index in [9.17, 15) is 0 Å². The van der Waals surface area contributed by atoms with Gasteiger partial charge in [-0.15, -0.1) is 0 Å². The molecule has 1 fully saturated rings. The molecule has 0 spiro atoms.